The lowest BCUT2D eigenvalue weighted by Gasteiger charge is -2.15. The number of hydrogen-bond donors (Lipinski definition) is 1. The molecule has 2 heterocycles. The van der Waals surface area contributed by atoms with Gasteiger partial charge in [0.15, 0.2) is 0 Å². The van der Waals surface area contributed by atoms with Gasteiger partial charge in [0.1, 0.15) is 11.4 Å². The van der Waals surface area contributed by atoms with Crippen LogP contribution in [-0.2, 0) is 0 Å². The largest absolute Gasteiger partial charge is 0.497 e. The third-order valence-electron chi connectivity index (χ3n) is 5.10. The number of carbonyl (C=O) groups is 1. The van der Waals surface area contributed by atoms with Gasteiger partial charge in [0, 0.05) is 30.9 Å². The number of carbonyl (C=O) groups excluding carboxylic acids is 1. The SMILES string of the molecule is COc1cccc(-c2nn(-c3ccc(C)cc3)cc2C(=O)N2CC[C@@H](N)C2)c1. The zero-order valence-electron chi connectivity index (χ0n) is 16.1. The Hall–Kier alpha value is -3.12. The Morgan fingerprint density at radius 3 is 2.68 bits per heavy atom. The molecule has 2 N–H and O–H groups in total. The molecule has 0 spiro atoms. The molecule has 3 aromatic rings. The molecular formula is C22H24N4O2. The number of nitrogens with two attached hydrogens (primary N) is 1. The predicted octanol–water partition coefficient (Wildman–Crippen LogP) is 3.03. The van der Waals surface area contributed by atoms with Crippen LogP contribution in [0.2, 0.25) is 0 Å². The molecule has 0 radical (unpaired) electrons. The average Bonchev–Trinajstić information content (AvgIpc) is 3.35. The molecular weight excluding hydrogens is 352 g/mol. The van der Waals surface area contributed by atoms with Crippen LogP contribution < -0.4 is 10.5 Å². The number of nitrogens with zero attached hydrogens (tertiary/aromatic N) is 3. The van der Waals surface area contributed by atoms with Crippen molar-refractivity contribution in [1.29, 1.82) is 0 Å². The highest BCUT2D eigenvalue weighted by Crippen LogP contribution is 2.28. The van der Waals surface area contributed by atoms with E-state index in [9.17, 15) is 4.79 Å². The van der Waals surface area contributed by atoms with Crippen LogP contribution in [-0.4, -0.2) is 46.8 Å². The van der Waals surface area contributed by atoms with Crippen LogP contribution in [0.15, 0.2) is 54.7 Å². The molecule has 144 valence electrons. The van der Waals surface area contributed by atoms with Gasteiger partial charge < -0.3 is 15.4 Å². The van der Waals surface area contributed by atoms with Gasteiger partial charge in [-0.05, 0) is 37.6 Å². The zero-order chi connectivity index (χ0) is 19.7. The molecule has 6 nitrogen and oxygen atoms in total. The normalized spacial score (nSPS) is 16.4. The van der Waals surface area contributed by atoms with Crippen LogP contribution in [0.1, 0.15) is 22.3 Å². The minimum Gasteiger partial charge on any atom is -0.497 e. The van der Waals surface area contributed by atoms with Gasteiger partial charge in [0.25, 0.3) is 5.91 Å². The van der Waals surface area contributed by atoms with E-state index in [-0.39, 0.29) is 11.9 Å². The van der Waals surface area contributed by atoms with Crippen LogP contribution in [0.3, 0.4) is 0 Å². The molecule has 4 rings (SSSR count). The monoisotopic (exact) mass is 376 g/mol. The van der Waals surface area contributed by atoms with Crippen molar-refractivity contribution in [2.24, 2.45) is 5.73 Å². The number of aromatic nitrogens is 2. The number of benzene rings is 2. The van der Waals surface area contributed by atoms with Gasteiger partial charge in [-0.15, -0.1) is 0 Å². The molecule has 1 aliphatic heterocycles. The van der Waals surface area contributed by atoms with Gasteiger partial charge >= 0.3 is 0 Å². The number of ether oxygens (including phenoxy) is 1. The van der Waals surface area contributed by atoms with Crippen molar-refractivity contribution in [2.45, 2.75) is 19.4 Å². The lowest BCUT2D eigenvalue weighted by molar-refractivity contribution is 0.0791. The van der Waals surface area contributed by atoms with Crippen molar-refractivity contribution >= 4 is 5.91 Å². The summed E-state index contributed by atoms with van der Waals surface area (Å²) in [4.78, 5) is 15.0. The molecule has 1 fully saturated rings. The molecule has 0 bridgehead atoms. The van der Waals surface area contributed by atoms with Crippen LogP contribution in [0.25, 0.3) is 16.9 Å². The fraction of sp³-hybridized carbons (Fsp3) is 0.273. The Kier molecular flexibility index (Phi) is 4.88. The van der Waals surface area contributed by atoms with Crippen LogP contribution in [0, 0.1) is 6.92 Å². The van der Waals surface area contributed by atoms with Gasteiger partial charge in [-0.2, -0.15) is 5.10 Å². The topological polar surface area (TPSA) is 73.4 Å². The number of hydrogen-bond acceptors (Lipinski definition) is 4. The van der Waals surface area contributed by atoms with Crippen molar-refractivity contribution in [3.63, 3.8) is 0 Å². The molecule has 1 amide bonds. The van der Waals surface area contributed by atoms with E-state index in [4.69, 9.17) is 15.6 Å². The molecule has 0 aliphatic carbocycles. The highest BCUT2D eigenvalue weighted by Gasteiger charge is 2.28. The summed E-state index contributed by atoms with van der Waals surface area (Å²) in [7, 11) is 1.63. The Bertz CT molecular complexity index is 994. The first kappa shape index (κ1) is 18.3. The first-order valence-corrected chi connectivity index (χ1v) is 9.41. The van der Waals surface area contributed by atoms with Gasteiger partial charge in [0.2, 0.25) is 0 Å². The number of likely N-dealkylation sites (tertiary alicyclic amines) is 1. The van der Waals surface area contributed by atoms with Crippen molar-refractivity contribution in [1.82, 2.24) is 14.7 Å². The van der Waals surface area contributed by atoms with Crippen molar-refractivity contribution in [2.75, 3.05) is 20.2 Å². The number of rotatable bonds is 4. The molecule has 2 aromatic carbocycles. The van der Waals surface area contributed by atoms with Gasteiger partial charge in [-0.25, -0.2) is 4.68 Å². The highest BCUT2D eigenvalue weighted by molar-refractivity contribution is 6.00. The highest BCUT2D eigenvalue weighted by atomic mass is 16.5. The molecule has 28 heavy (non-hydrogen) atoms. The van der Waals surface area contributed by atoms with Crippen molar-refractivity contribution < 1.29 is 9.53 Å². The molecule has 6 heteroatoms. The first-order chi connectivity index (χ1) is 13.5. The molecule has 1 saturated heterocycles. The third kappa shape index (κ3) is 3.51. The summed E-state index contributed by atoms with van der Waals surface area (Å²) >= 11 is 0. The number of aryl methyl sites for hydroxylation is 1. The van der Waals surface area contributed by atoms with Crippen molar-refractivity contribution in [3.05, 3.63) is 65.9 Å². The summed E-state index contributed by atoms with van der Waals surface area (Å²) < 4.78 is 7.11. The summed E-state index contributed by atoms with van der Waals surface area (Å²) in [6.45, 7) is 3.29. The second kappa shape index (κ2) is 7.48. The number of methoxy groups -OCH3 is 1. The van der Waals surface area contributed by atoms with Crippen LogP contribution in [0.4, 0.5) is 0 Å². The predicted molar refractivity (Wildman–Crippen MR) is 109 cm³/mol. The maximum atomic E-state index is 13.2. The van der Waals surface area contributed by atoms with Crippen LogP contribution in [0.5, 0.6) is 5.75 Å². The average molecular weight is 376 g/mol. The van der Waals surface area contributed by atoms with E-state index >= 15 is 0 Å². The molecule has 0 unspecified atom stereocenters. The molecule has 1 aromatic heterocycles. The van der Waals surface area contributed by atoms with E-state index in [0.717, 1.165) is 23.4 Å². The first-order valence-electron chi connectivity index (χ1n) is 9.41. The number of amides is 1. The fourth-order valence-corrected chi connectivity index (χ4v) is 3.49. The molecule has 1 aliphatic rings. The Morgan fingerprint density at radius 2 is 2.00 bits per heavy atom. The summed E-state index contributed by atoms with van der Waals surface area (Å²) in [6.07, 6.45) is 2.64. The maximum Gasteiger partial charge on any atom is 0.257 e. The van der Waals surface area contributed by atoms with E-state index < -0.39 is 0 Å². The van der Waals surface area contributed by atoms with E-state index in [2.05, 4.69) is 0 Å². The molecule has 1 atom stereocenters. The maximum absolute atomic E-state index is 13.2. The Balaban J connectivity index is 1.80. The minimum absolute atomic E-state index is 0.0378. The van der Waals surface area contributed by atoms with E-state index in [1.807, 2.05) is 66.6 Å². The summed E-state index contributed by atoms with van der Waals surface area (Å²) in [5.41, 5.74) is 10.1. The van der Waals surface area contributed by atoms with E-state index in [1.54, 1.807) is 11.8 Å². The van der Waals surface area contributed by atoms with Gasteiger partial charge in [-0.3, -0.25) is 4.79 Å². The van der Waals surface area contributed by atoms with Crippen LogP contribution >= 0.6 is 0 Å². The van der Waals surface area contributed by atoms with E-state index in [1.165, 1.54) is 5.56 Å². The fourth-order valence-electron chi connectivity index (χ4n) is 3.49. The Morgan fingerprint density at radius 1 is 1.21 bits per heavy atom. The standard InChI is InChI=1S/C22H24N4O2/c1-15-6-8-18(9-7-15)26-14-20(22(27)25-11-10-17(23)13-25)21(24-26)16-4-3-5-19(12-16)28-2/h3-9,12,14,17H,10-11,13,23H2,1-2H3/t17-/m1/s1. The quantitative estimate of drug-likeness (QED) is 0.760. The zero-order valence-corrected chi connectivity index (χ0v) is 16.1. The summed E-state index contributed by atoms with van der Waals surface area (Å²) in [6, 6.07) is 15.7. The summed E-state index contributed by atoms with van der Waals surface area (Å²) in [5.74, 6) is 0.688. The van der Waals surface area contributed by atoms with E-state index in [0.29, 0.717) is 24.3 Å². The minimum atomic E-state index is -0.0378. The lowest BCUT2D eigenvalue weighted by atomic mass is 10.1. The van der Waals surface area contributed by atoms with Crippen molar-refractivity contribution in [3.8, 4) is 22.7 Å². The lowest BCUT2D eigenvalue weighted by Crippen LogP contribution is -2.32. The second-order valence-electron chi connectivity index (χ2n) is 7.20. The smallest absolute Gasteiger partial charge is 0.257 e. The van der Waals surface area contributed by atoms with Gasteiger partial charge in [-0.1, -0.05) is 29.8 Å². The third-order valence-corrected chi connectivity index (χ3v) is 5.10. The summed E-state index contributed by atoms with van der Waals surface area (Å²) in [5, 5.41) is 4.75. The second-order valence-corrected chi connectivity index (χ2v) is 7.20. The Labute approximate surface area is 164 Å². The molecule has 0 saturated carbocycles. The van der Waals surface area contributed by atoms with Gasteiger partial charge in [0.05, 0.1) is 18.4 Å².